The lowest BCUT2D eigenvalue weighted by Crippen LogP contribution is -2.54. The van der Waals surface area contributed by atoms with E-state index in [0.717, 1.165) is 44.1 Å². The number of piperazine rings is 1. The van der Waals surface area contributed by atoms with E-state index in [1.165, 1.54) is 57.5 Å². The summed E-state index contributed by atoms with van der Waals surface area (Å²) in [5, 5.41) is 0. The van der Waals surface area contributed by atoms with E-state index in [9.17, 15) is 0 Å². The van der Waals surface area contributed by atoms with Crippen LogP contribution in [0.5, 0.6) is 5.75 Å². The third kappa shape index (κ3) is 4.16. The Kier molecular flexibility index (Phi) is 5.98. The Hall–Kier alpha value is -1.30. The van der Waals surface area contributed by atoms with Crippen molar-refractivity contribution in [2.75, 3.05) is 64.5 Å². The average molecular weight is 360 g/mol. The minimum absolute atomic E-state index is 0.773. The van der Waals surface area contributed by atoms with Crippen molar-refractivity contribution in [3.8, 4) is 5.75 Å². The minimum Gasteiger partial charge on any atom is -0.497 e. The molecule has 3 aliphatic heterocycles. The fourth-order valence-corrected chi connectivity index (χ4v) is 4.82. The van der Waals surface area contributed by atoms with Crippen molar-refractivity contribution in [2.45, 2.75) is 37.8 Å². The first kappa shape index (κ1) is 18.1. The summed E-state index contributed by atoms with van der Waals surface area (Å²) < 4.78 is 10.9. The molecule has 0 aromatic heterocycles. The number of hydrogen-bond donors (Lipinski definition) is 0. The number of ether oxygens (including phenoxy) is 2. The van der Waals surface area contributed by atoms with Crippen molar-refractivity contribution in [1.29, 1.82) is 0 Å². The second-order valence-electron chi connectivity index (χ2n) is 7.84. The summed E-state index contributed by atoms with van der Waals surface area (Å²) in [7, 11) is 1.74. The van der Waals surface area contributed by atoms with Crippen LogP contribution in [0.4, 0.5) is 5.69 Å². The van der Waals surface area contributed by atoms with Crippen LogP contribution in [0.15, 0.2) is 24.3 Å². The van der Waals surface area contributed by atoms with E-state index < -0.39 is 0 Å². The molecule has 0 aliphatic carbocycles. The summed E-state index contributed by atoms with van der Waals surface area (Å²) in [4.78, 5) is 7.96. The molecule has 3 aliphatic rings. The highest BCUT2D eigenvalue weighted by Gasteiger charge is 2.30. The molecule has 3 heterocycles. The zero-order valence-corrected chi connectivity index (χ0v) is 16.1. The normalized spacial score (nSPS) is 24.7. The van der Waals surface area contributed by atoms with Crippen LogP contribution < -0.4 is 9.64 Å². The number of likely N-dealkylation sites (tertiary alicyclic amines) is 1. The van der Waals surface area contributed by atoms with E-state index in [1.54, 1.807) is 7.11 Å². The minimum atomic E-state index is 0.773. The second kappa shape index (κ2) is 8.59. The first-order chi connectivity index (χ1) is 12.8. The van der Waals surface area contributed by atoms with Gasteiger partial charge in [0.15, 0.2) is 0 Å². The first-order valence-corrected chi connectivity index (χ1v) is 10.3. The largest absolute Gasteiger partial charge is 0.497 e. The molecule has 0 unspecified atom stereocenters. The molecule has 0 saturated carbocycles. The number of hydrogen-bond acceptors (Lipinski definition) is 5. The standard InChI is InChI=1S/C21H33N3O2/c1-25-21-4-2-3-20(17-21)24-13-11-23(12-14-24)18-5-9-22(10-6-18)19-7-15-26-16-8-19/h2-4,17-19H,5-16H2,1H3. The number of nitrogens with zero attached hydrogens (tertiary/aromatic N) is 3. The monoisotopic (exact) mass is 359 g/mol. The Morgan fingerprint density at radius 1 is 0.846 bits per heavy atom. The number of rotatable bonds is 4. The molecule has 0 bridgehead atoms. The molecule has 0 radical (unpaired) electrons. The Bertz CT molecular complexity index is 560. The lowest BCUT2D eigenvalue weighted by atomic mass is 9.98. The molecule has 3 saturated heterocycles. The number of benzene rings is 1. The van der Waals surface area contributed by atoms with Crippen molar-refractivity contribution < 1.29 is 9.47 Å². The molecule has 0 spiro atoms. The van der Waals surface area contributed by atoms with Crippen LogP contribution in [0.25, 0.3) is 0 Å². The zero-order chi connectivity index (χ0) is 17.8. The zero-order valence-electron chi connectivity index (χ0n) is 16.1. The predicted molar refractivity (Wildman–Crippen MR) is 105 cm³/mol. The van der Waals surface area contributed by atoms with Gasteiger partial charge in [0.2, 0.25) is 0 Å². The van der Waals surface area contributed by atoms with Crippen molar-refractivity contribution in [3.63, 3.8) is 0 Å². The van der Waals surface area contributed by atoms with Gasteiger partial charge in [-0.1, -0.05) is 6.07 Å². The van der Waals surface area contributed by atoms with Gasteiger partial charge in [0.25, 0.3) is 0 Å². The van der Waals surface area contributed by atoms with Gasteiger partial charge in [-0.2, -0.15) is 0 Å². The molecule has 0 N–H and O–H groups in total. The molecule has 0 amide bonds. The predicted octanol–water partition coefficient (Wildman–Crippen LogP) is 2.46. The summed E-state index contributed by atoms with van der Waals surface area (Å²) in [6, 6.07) is 10.0. The lowest BCUT2D eigenvalue weighted by molar-refractivity contribution is 0.0127. The average Bonchev–Trinajstić information content (AvgIpc) is 2.75. The first-order valence-electron chi connectivity index (χ1n) is 10.3. The van der Waals surface area contributed by atoms with Crippen LogP contribution in [0, 0.1) is 0 Å². The van der Waals surface area contributed by atoms with Crippen LogP contribution in [0.3, 0.4) is 0 Å². The van der Waals surface area contributed by atoms with Crippen LogP contribution in [0.2, 0.25) is 0 Å². The maximum Gasteiger partial charge on any atom is 0.120 e. The molecule has 5 heteroatoms. The van der Waals surface area contributed by atoms with Gasteiger partial charge >= 0.3 is 0 Å². The number of methoxy groups -OCH3 is 1. The smallest absolute Gasteiger partial charge is 0.120 e. The van der Waals surface area contributed by atoms with Crippen molar-refractivity contribution in [3.05, 3.63) is 24.3 Å². The van der Waals surface area contributed by atoms with Crippen LogP contribution in [-0.4, -0.2) is 81.5 Å². The topological polar surface area (TPSA) is 28.2 Å². The fraction of sp³-hybridized carbons (Fsp3) is 0.714. The van der Waals surface area contributed by atoms with Gasteiger partial charge in [-0.15, -0.1) is 0 Å². The second-order valence-corrected chi connectivity index (χ2v) is 7.84. The van der Waals surface area contributed by atoms with E-state index in [1.807, 2.05) is 6.07 Å². The summed E-state index contributed by atoms with van der Waals surface area (Å²) in [5.74, 6) is 0.949. The summed E-state index contributed by atoms with van der Waals surface area (Å²) in [6.07, 6.45) is 5.11. The molecule has 144 valence electrons. The molecule has 4 rings (SSSR count). The number of piperidine rings is 1. The van der Waals surface area contributed by atoms with Gasteiger partial charge in [0.1, 0.15) is 5.75 Å². The third-order valence-corrected chi connectivity index (χ3v) is 6.46. The molecule has 5 nitrogen and oxygen atoms in total. The Labute approximate surface area is 157 Å². The van der Waals surface area contributed by atoms with Gasteiger partial charge in [-0.3, -0.25) is 4.90 Å². The molecule has 3 fully saturated rings. The van der Waals surface area contributed by atoms with Crippen molar-refractivity contribution in [2.24, 2.45) is 0 Å². The van der Waals surface area contributed by atoms with E-state index in [4.69, 9.17) is 9.47 Å². The molecule has 0 atom stereocenters. The van der Waals surface area contributed by atoms with Gasteiger partial charge < -0.3 is 19.3 Å². The molecule has 26 heavy (non-hydrogen) atoms. The highest BCUT2D eigenvalue weighted by molar-refractivity contribution is 5.51. The Morgan fingerprint density at radius 3 is 2.19 bits per heavy atom. The van der Waals surface area contributed by atoms with Crippen LogP contribution in [-0.2, 0) is 4.74 Å². The van der Waals surface area contributed by atoms with Gasteiger partial charge in [-0.05, 0) is 50.9 Å². The quantitative estimate of drug-likeness (QED) is 0.823. The van der Waals surface area contributed by atoms with Crippen LogP contribution in [0.1, 0.15) is 25.7 Å². The number of anilines is 1. The van der Waals surface area contributed by atoms with E-state index in [0.29, 0.717) is 0 Å². The Morgan fingerprint density at radius 2 is 1.50 bits per heavy atom. The molecular formula is C21H33N3O2. The van der Waals surface area contributed by atoms with Gasteiger partial charge in [0.05, 0.1) is 7.11 Å². The van der Waals surface area contributed by atoms with E-state index >= 15 is 0 Å². The highest BCUT2D eigenvalue weighted by Crippen LogP contribution is 2.26. The highest BCUT2D eigenvalue weighted by atomic mass is 16.5. The van der Waals surface area contributed by atoms with Crippen molar-refractivity contribution >= 4 is 5.69 Å². The van der Waals surface area contributed by atoms with Crippen molar-refractivity contribution in [1.82, 2.24) is 9.80 Å². The maximum atomic E-state index is 5.52. The van der Waals surface area contributed by atoms with E-state index in [-0.39, 0.29) is 0 Å². The fourth-order valence-electron chi connectivity index (χ4n) is 4.82. The molecular weight excluding hydrogens is 326 g/mol. The summed E-state index contributed by atoms with van der Waals surface area (Å²) >= 11 is 0. The lowest BCUT2D eigenvalue weighted by Gasteiger charge is -2.45. The SMILES string of the molecule is COc1cccc(N2CCN(C3CCN(C4CCOCC4)CC3)CC2)c1. The molecule has 1 aromatic rings. The van der Waals surface area contributed by atoms with E-state index in [2.05, 4.69) is 32.9 Å². The Balaban J connectivity index is 1.25. The van der Waals surface area contributed by atoms with Gasteiger partial charge in [-0.25, -0.2) is 0 Å². The van der Waals surface area contributed by atoms with Gasteiger partial charge in [0, 0.05) is 63.2 Å². The summed E-state index contributed by atoms with van der Waals surface area (Å²) in [5.41, 5.74) is 1.29. The maximum absolute atomic E-state index is 5.52. The van der Waals surface area contributed by atoms with Crippen LogP contribution >= 0.6 is 0 Å². The third-order valence-electron chi connectivity index (χ3n) is 6.46. The summed E-state index contributed by atoms with van der Waals surface area (Å²) in [6.45, 7) is 9.05. The molecule has 1 aromatic carbocycles.